The molecule has 0 aliphatic carbocycles. The van der Waals surface area contributed by atoms with Crippen molar-refractivity contribution < 1.29 is 11.9 Å². The fraction of sp³-hybridized carbons (Fsp3) is 1.00. The molecule has 1 aliphatic rings. The molecule has 52 valence electrons. The first-order valence-electron chi connectivity index (χ1n) is 3.03. The summed E-state index contributed by atoms with van der Waals surface area (Å²) in [5, 5.41) is 1.92. The summed E-state index contributed by atoms with van der Waals surface area (Å²) in [6.07, 6.45) is 3.63. The first kappa shape index (κ1) is 13.3. The average Bonchev–Trinajstić information content (AvgIpc) is 1.69. The van der Waals surface area contributed by atoms with Gasteiger partial charge >= 0.3 is 52.3 Å². The molecule has 0 amide bonds. The van der Waals surface area contributed by atoms with Gasteiger partial charge in [-0.1, -0.05) is 29.8 Å². The third-order valence-corrected chi connectivity index (χ3v) is 3.60. The predicted molar refractivity (Wildman–Crippen MR) is 41.9 cm³/mol. The Balaban J connectivity index is -0.0000000612. The third-order valence-electron chi connectivity index (χ3n) is 1.53. The SMILES string of the molecule is O.[Ca+2].[F][Al]1[CH2]CCC[CH2]1.[H-].[H-]. The summed E-state index contributed by atoms with van der Waals surface area (Å²) in [5.74, 6) is 0. The molecule has 0 bridgehead atoms. The van der Waals surface area contributed by atoms with Gasteiger partial charge in [0.05, 0.1) is 0 Å². The number of hydrogen-bond donors (Lipinski definition) is 0. The maximum Gasteiger partial charge on any atom is 2.00 e. The fourth-order valence-corrected chi connectivity index (χ4v) is 2.80. The van der Waals surface area contributed by atoms with Crippen LogP contribution < -0.4 is 0 Å². The molecule has 1 fully saturated rings. The number of halogens is 1. The van der Waals surface area contributed by atoms with Crippen LogP contribution in [0.3, 0.4) is 0 Å². The normalized spacial score (nSPS) is 17.7. The molecule has 0 unspecified atom stereocenters. The van der Waals surface area contributed by atoms with Gasteiger partial charge in [0.2, 0.25) is 0 Å². The van der Waals surface area contributed by atoms with E-state index >= 15 is 0 Å². The van der Waals surface area contributed by atoms with Gasteiger partial charge in [-0.05, 0) is 0 Å². The van der Waals surface area contributed by atoms with E-state index in [2.05, 4.69) is 0 Å². The van der Waals surface area contributed by atoms with Crippen LogP contribution in [0.15, 0.2) is 0 Å². The molecule has 0 saturated carbocycles. The van der Waals surface area contributed by atoms with Crippen LogP contribution in [0.1, 0.15) is 22.1 Å². The van der Waals surface area contributed by atoms with Crippen LogP contribution in [0.25, 0.3) is 0 Å². The molecule has 0 aromatic rings. The summed E-state index contributed by atoms with van der Waals surface area (Å²) in [4.78, 5) is 0. The molecule has 1 saturated heterocycles. The summed E-state index contributed by atoms with van der Waals surface area (Å²) in [5.41, 5.74) is 0. The van der Waals surface area contributed by atoms with Gasteiger partial charge in [-0.15, -0.1) is 0 Å². The Hall–Kier alpha value is 1.68. The molecule has 1 nitrogen and oxygen atoms in total. The first-order chi connectivity index (χ1) is 3.39. The van der Waals surface area contributed by atoms with Crippen LogP contribution in [0, 0.1) is 0 Å². The molecule has 1 rings (SSSR count). The second-order valence-corrected chi connectivity index (χ2v) is 4.58. The minimum atomic E-state index is -1.59. The average molecular weight is 176 g/mol. The van der Waals surface area contributed by atoms with Gasteiger partial charge in [-0.2, -0.15) is 0 Å². The summed E-state index contributed by atoms with van der Waals surface area (Å²) in [7, 11) is 0. The van der Waals surface area contributed by atoms with E-state index in [1.807, 2.05) is 0 Å². The van der Waals surface area contributed by atoms with Crippen molar-refractivity contribution in [2.45, 2.75) is 29.8 Å². The van der Waals surface area contributed by atoms with Gasteiger partial charge in [-0.25, -0.2) is 0 Å². The molecule has 0 atom stereocenters. The zero-order chi connectivity index (χ0) is 5.11. The first-order valence-corrected chi connectivity index (χ1v) is 5.10. The third kappa shape index (κ3) is 6.10. The molecular formula is C5H14AlCaFO. The van der Waals surface area contributed by atoms with Crippen molar-refractivity contribution in [1.29, 1.82) is 0 Å². The molecule has 2 N–H and O–H groups in total. The van der Waals surface area contributed by atoms with E-state index in [1.54, 1.807) is 0 Å². The maximum absolute atomic E-state index is 12.3. The van der Waals surface area contributed by atoms with E-state index < -0.39 is 14.6 Å². The van der Waals surface area contributed by atoms with Crippen LogP contribution >= 0.6 is 0 Å². The Morgan fingerprint density at radius 2 is 1.56 bits per heavy atom. The topological polar surface area (TPSA) is 31.5 Å². The smallest absolute Gasteiger partial charge is 1.00 e. The van der Waals surface area contributed by atoms with E-state index in [0.717, 1.165) is 10.6 Å². The van der Waals surface area contributed by atoms with Gasteiger partial charge < -0.3 is 11.9 Å². The van der Waals surface area contributed by atoms with E-state index in [-0.39, 0.29) is 46.1 Å². The Morgan fingerprint density at radius 1 is 1.11 bits per heavy atom. The molecule has 0 aromatic carbocycles. The van der Waals surface area contributed by atoms with Crippen molar-refractivity contribution in [3.05, 3.63) is 0 Å². The maximum atomic E-state index is 12.3. The second-order valence-electron chi connectivity index (χ2n) is 2.24. The van der Waals surface area contributed by atoms with Crippen LogP contribution in [-0.4, -0.2) is 57.8 Å². The Morgan fingerprint density at radius 3 is 1.78 bits per heavy atom. The summed E-state index contributed by atoms with van der Waals surface area (Å²) in [6, 6.07) is 0. The summed E-state index contributed by atoms with van der Waals surface area (Å²) >= 11 is -1.59. The molecule has 0 aromatic heterocycles. The summed E-state index contributed by atoms with van der Waals surface area (Å²) in [6.45, 7) is 0. The quantitative estimate of drug-likeness (QED) is 0.496. The molecule has 1 aliphatic heterocycles. The van der Waals surface area contributed by atoms with Gasteiger partial charge in [0, 0.05) is 0 Å². The van der Waals surface area contributed by atoms with E-state index in [1.165, 1.54) is 19.3 Å². The predicted octanol–water partition coefficient (Wildman–Crippen LogP) is 1.15. The largest absolute Gasteiger partial charge is 2.00 e. The minimum Gasteiger partial charge on any atom is -1.00 e. The Labute approximate surface area is 93.2 Å². The van der Waals surface area contributed by atoms with Crippen molar-refractivity contribution in [3.8, 4) is 0 Å². The molecule has 1 heterocycles. The Kier molecular flexibility index (Phi) is 11.5. The van der Waals surface area contributed by atoms with Gasteiger partial charge in [0.1, 0.15) is 0 Å². The monoisotopic (exact) mass is 176 g/mol. The second kappa shape index (κ2) is 7.79. The van der Waals surface area contributed by atoms with Crippen LogP contribution in [-0.2, 0) is 0 Å². The summed E-state index contributed by atoms with van der Waals surface area (Å²) < 4.78 is 12.3. The zero-order valence-corrected chi connectivity index (χ0v) is 9.06. The number of hydrogen-bond acceptors (Lipinski definition) is 0. The van der Waals surface area contributed by atoms with Crippen LogP contribution in [0.2, 0.25) is 10.6 Å². The molecular weight excluding hydrogens is 162 g/mol. The fourth-order valence-electron chi connectivity index (χ4n) is 1.05. The molecule has 0 radical (unpaired) electrons. The van der Waals surface area contributed by atoms with E-state index in [4.69, 9.17) is 0 Å². The number of rotatable bonds is 0. The van der Waals surface area contributed by atoms with E-state index in [9.17, 15) is 3.52 Å². The van der Waals surface area contributed by atoms with Gasteiger partial charge in [0.15, 0.2) is 0 Å². The van der Waals surface area contributed by atoms with Crippen molar-refractivity contribution in [2.24, 2.45) is 0 Å². The molecule has 0 spiro atoms. The van der Waals surface area contributed by atoms with Crippen molar-refractivity contribution in [1.82, 2.24) is 0 Å². The van der Waals surface area contributed by atoms with Crippen LogP contribution in [0.5, 0.6) is 0 Å². The van der Waals surface area contributed by atoms with E-state index in [0.29, 0.717) is 0 Å². The standard InChI is InChI=1S/C5H10.Al.Ca.FH.H2O.2H/c1-3-5-4-2;;;;;;/h1-5H2;;;1H;1H2;;/q;+1;+2;;;2*-1/p-1. The van der Waals surface area contributed by atoms with Crippen LogP contribution in [0.4, 0.5) is 3.52 Å². The molecule has 4 heteroatoms. The van der Waals surface area contributed by atoms with Gasteiger partial charge in [0.25, 0.3) is 0 Å². The van der Waals surface area contributed by atoms with Crippen molar-refractivity contribution >= 4 is 52.3 Å². The van der Waals surface area contributed by atoms with Crippen molar-refractivity contribution in [3.63, 3.8) is 0 Å². The minimum absolute atomic E-state index is 0. The zero-order valence-electron chi connectivity index (χ0n) is 7.70. The van der Waals surface area contributed by atoms with Crippen molar-refractivity contribution in [2.75, 3.05) is 0 Å². The molecule has 9 heavy (non-hydrogen) atoms. The Bertz CT molecular complexity index is 66.4. The van der Waals surface area contributed by atoms with Gasteiger partial charge in [-0.3, -0.25) is 0 Å².